The minimum atomic E-state index is -4.88. The van der Waals surface area contributed by atoms with Crippen LogP contribution in [0.4, 0.5) is 27.6 Å². The fourth-order valence-corrected chi connectivity index (χ4v) is 7.67. The highest BCUT2D eigenvalue weighted by molar-refractivity contribution is 7.94. The predicted octanol–water partition coefficient (Wildman–Crippen LogP) is 6.03. The lowest BCUT2D eigenvalue weighted by molar-refractivity contribution is -0.274. The first-order valence-electron chi connectivity index (χ1n) is 15.0. The number of hydrogen-bond acceptors (Lipinski definition) is 8. The molecule has 9 nitrogen and oxygen atoms in total. The second kappa shape index (κ2) is 11.4. The molecule has 1 aromatic heterocycles. The van der Waals surface area contributed by atoms with Crippen LogP contribution < -0.4 is 19.7 Å². The van der Waals surface area contributed by atoms with Crippen LogP contribution in [0.2, 0.25) is 0 Å². The molecule has 1 amide bonds. The van der Waals surface area contributed by atoms with E-state index in [4.69, 9.17) is 4.52 Å². The van der Waals surface area contributed by atoms with Crippen molar-refractivity contribution in [3.63, 3.8) is 0 Å². The summed E-state index contributed by atoms with van der Waals surface area (Å²) in [4.78, 5) is 14.2. The molecule has 4 aliphatic rings. The van der Waals surface area contributed by atoms with E-state index in [1.54, 1.807) is 11.0 Å². The van der Waals surface area contributed by atoms with Crippen LogP contribution in [-0.2, 0) is 16.6 Å². The molecule has 2 aliphatic carbocycles. The van der Waals surface area contributed by atoms with Gasteiger partial charge in [0, 0.05) is 53.7 Å². The molecule has 3 aromatic rings. The average Bonchev–Trinajstić information content (AvgIpc) is 3.91. The number of aromatic nitrogens is 1. The summed E-state index contributed by atoms with van der Waals surface area (Å²) >= 11 is 0. The Hall–Kier alpha value is -3.98. The molecule has 0 radical (unpaired) electrons. The third kappa shape index (κ3) is 6.09. The number of para-hydroxylation sites is 1. The number of sulfonamides is 1. The van der Waals surface area contributed by atoms with Gasteiger partial charge in [-0.25, -0.2) is 21.9 Å². The molecule has 1 saturated carbocycles. The second-order valence-corrected chi connectivity index (χ2v) is 13.9. The number of nitrogens with zero attached hydrogens (tertiary/aromatic N) is 2. The number of alkyl halides is 3. The molecular formula is C31H29F5N4O5S. The fourth-order valence-electron chi connectivity index (χ4n) is 6.65. The van der Waals surface area contributed by atoms with Crippen molar-refractivity contribution in [1.29, 1.82) is 0 Å². The number of benzene rings is 2. The van der Waals surface area contributed by atoms with Crippen LogP contribution >= 0.6 is 0 Å². The van der Waals surface area contributed by atoms with E-state index >= 15 is 8.78 Å². The molecule has 2 bridgehead atoms. The number of halogens is 5. The monoisotopic (exact) mass is 664 g/mol. The molecule has 2 atom stereocenters. The summed E-state index contributed by atoms with van der Waals surface area (Å²) in [5, 5.41) is 7.64. The highest BCUT2D eigenvalue weighted by Gasteiger charge is 2.43. The summed E-state index contributed by atoms with van der Waals surface area (Å²) in [5.74, 6) is -2.66. The van der Waals surface area contributed by atoms with Crippen molar-refractivity contribution < 1.29 is 44.4 Å². The summed E-state index contributed by atoms with van der Waals surface area (Å²) in [5.41, 5.74) is 0.387. The minimum Gasteiger partial charge on any atom is -0.405 e. The third-order valence-corrected chi connectivity index (χ3v) is 10.4. The standard InChI is InChI=1S/C31H29F5N4O5S/c32-24-11-17(30(41)39-46(42,43)21-9-10-21)12-25(33)28(24)40-19-7-8-20(40)14-18(13-19)37-15-23-27(38-45-29(23)16-5-6-16)22-3-1-2-4-26(22)44-31(34,35)36/h1-4,9,11-12,16,18-20,37H,5-8,10,13-15H2,(H,39,41). The Labute approximate surface area is 260 Å². The lowest BCUT2D eigenvalue weighted by Crippen LogP contribution is -2.49. The number of nitrogens with one attached hydrogen (secondary N) is 2. The van der Waals surface area contributed by atoms with Crippen molar-refractivity contribution in [2.75, 3.05) is 4.90 Å². The normalized spacial score (nSPS) is 22.5. The molecule has 2 aromatic carbocycles. The van der Waals surface area contributed by atoms with Gasteiger partial charge in [0.2, 0.25) is 0 Å². The van der Waals surface area contributed by atoms with E-state index in [0.29, 0.717) is 37.0 Å². The molecule has 244 valence electrons. The Morgan fingerprint density at radius 1 is 1.04 bits per heavy atom. The van der Waals surface area contributed by atoms with Gasteiger partial charge in [-0.2, -0.15) is 0 Å². The van der Waals surface area contributed by atoms with Gasteiger partial charge in [-0.05, 0) is 62.8 Å². The highest BCUT2D eigenvalue weighted by Crippen LogP contribution is 2.46. The van der Waals surface area contributed by atoms with Gasteiger partial charge in [0.05, 0.1) is 4.91 Å². The van der Waals surface area contributed by atoms with Crippen molar-refractivity contribution in [2.45, 2.75) is 81.9 Å². The van der Waals surface area contributed by atoms with Gasteiger partial charge < -0.3 is 19.5 Å². The van der Waals surface area contributed by atoms with E-state index < -0.39 is 39.5 Å². The molecule has 2 N–H and O–H groups in total. The zero-order valence-electron chi connectivity index (χ0n) is 24.2. The Bertz CT molecular complexity index is 1800. The van der Waals surface area contributed by atoms with Gasteiger partial charge in [-0.15, -0.1) is 13.2 Å². The number of carbonyl (C=O) groups is 1. The average molecular weight is 665 g/mol. The minimum absolute atomic E-state index is 0.0516. The van der Waals surface area contributed by atoms with E-state index in [-0.39, 0.29) is 64.6 Å². The fraction of sp³-hybridized carbons (Fsp3) is 0.419. The summed E-state index contributed by atoms with van der Waals surface area (Å²) in [6.07, 6.45) is 0.979. The van der Waals surface area contributed by atoms with E-state index in [1.807, 2.05) is 4.72 Å². The van der Waals surface area contributed by atoms with Crippen LogP contribution in [0.3, 0.4) is 0 Å². The first kappa shape index (κ1) is 30.7. The number of fused-ring (bicyclic) bond motifs is 2. The van der Waals surface area contributed by atoms with Crippen molar-refractivity contribution >= 4 is 21.6 Å². The van der Waals surface area contributed by atoms with Crippen LogP contribution in [0.25, 0.3) is 11.3 Å². The number of rotatable bonds is 10. The second-order valence-electron chi connectivity index (χ2n) is 12.1. The Kier molecular flexibility index (Phi) is 7.58. The zero-order chi connectivity index (χ0) is 32.4. The molecule has 2 saturated heterocycles. The first-order valence-corrected chi connectivity index (χ1v) is 16.5. The van der Waals surface area contributed by atoms with Crippen LogP contribution in [-0.4, -0.2) is 44.0 Å². The third-order valence-electron chi connectivity index (χ3n) is 8.92. The van der Waals surface area contributed by atoms with Gasteiger partial charge in [0.25, 0.3) is 15.9 Å². The molecule has 2 unspecified atom stereocenters. The van der Waals surface area contributed by atoms with Gasteiger partial charge in [0.1, 0.15) is 34.5 Å². The van der Waals surface area contributed by atoms with Crippen molar-refractivity contribution in [3.05, 3.63) is 75.9 Å². The molecule has 2 aliphatic heterocycles. The summed E-state index contributed by atoms with van der Waals surface area (Å²) < 4.78 is 106. The van der Waals surface area contributed by atoms with Crippen LogP contribution in [0, 0.1) is 11.6 Å². The van der Waals surface area contributed by atoms with Gasteiger partial charge in [-0.3, -0.25) is 4.79 Å². The largest absolute Gasteiger partial charge is 0.573 e. The lowest BCUT2D eigenvalue weighted by Gasteiger charge is -2.41. The number of hydrogen-bond donors (Lipinski definition) is 2. The van der Waals surface area contributed by atoms with Gasteiger partial charge in [-0.1, -0.05) is 23.4 Å². The predicted molar refractivity (Wildman–Crippen MR) is 155 cm³/mol. The van der Waals surface area contributed by atoms with Gasteiger partial charge >= 0.3 is 6.36 Å². The molecule has 0 spiro atoms. The van der Waals surface area contributed by atoms with E-state index in [9.17, 15) is 26.4 Å². The highest BCUT2D eigenvalue weighted by atomic mass is 32.2. The maximum absolute atomic E-state index is 15.4. The molecule has 3 fully saturated rings. The van der Waals surface area contributed by atoms with E-state index in [0.717, 1.165) is 25.0 Å². The Balaban J connectivity index is 1.07. The van der Waals surface area contributed by atoms with Gasteiger partial charge in [0.15, 0.2) is 0 Å². The number of allylic oxidation sites excluding steroid dienone is 2. The number of anilines is 1. The zero-order valence-corrected chi connectivity index (χ0v) is 25.1. The van der Waals surface area contributed by atoms with E-state index in [2.05, 4.69) is 15.2 Å². The molecule has 7 rings (SSSR count). The number of piperidine rings is 1. The molecule has 46 heavy (non-hydrogen) atoms. The smallest absolute Gasteiger partial charge is 0.405 e. The van der Waals surface area contributed by atoms with Crippen molar-refractivity contribution in [3.8, 4) is 17.0 Å². The van der Waals surface area contributed by atoms with Crippen LogP contribution in [0.5, 0.6) is 5.75 Å². The summed E-state index contributed by atoms with van der Waals surface area (Å²) in [6, 6.07) is 6.97. The molecular weight excluding hydrogens is 635 g/mol. The quantitative estimate of drug-likeness (QED) is 0.253. The maximum Gasteiger partial charge on any atom is 0.573 e. The number of carbonyl (C=O) groups excluding carboxylic acids is 1. The first-order chi connectivity index (χ1) is 21.9. The Morgan fingerprint density at radius 2 is 1.70 bits per heavy atom. The number of ether oxygens (including phenoxy) is 1. The molecule has 3 heterocycles. The topological polar surface area (TPSA) is 114 Å². The van der Waals surface area contributed by atoms with Crippen LogP contribution in [0.15, 0.2) is 51.9 Å². The van der Waals surface area contributed by atoms with Crippen LogP contribution in [0.1, 0.15) is 72.5 Å². The lowest BCUT2D eigenvalue weighted by atomic mass is 9.95. The summed E-state index contributed by atoms with van der Waals surface area (Å²) in [6.45, 7) is 0.265. The van der Waals surface area contributed by atoms with Crippen molar-refractivity contribution in [2.24, 2.45) is 0 Å². The molecule has 15 heteroatoms. The van der Waals surface area contributed by atoms with Crippen molar-refractivity contribution in [1.82, 2.24) is 15.2 Å². The maximum atomic E-state index is 15.4. The SMILES string of the molecule is O=C(NS(=O)(=O)C1=CC1)c1cc(F)c(N2C3CCC2CC(NCc2c(-c4ccccc4OC(F)(F)F)noc2C2CC2)C3)c(F)c1. The summed E-state index contributed by atoms with van der Waals surface area (Å²) in [7, 11) is -4.02. The number of amides is 1. The van der Waals surface area contributed by atoms with E-state index in [1.165, 1.54) is 24.3 Å². The Morgan fingerprint density at radius 3 is 2.30 bits per heavy atom.